The smallest absolute Gasteiger partial charge is 0.266 e. The first-order chi connectivity index (χ1) is 13.9. The Balaban J connectivity index is 1.88. The van der Waals surface area contributed by atoms with E-state index in [1.807, 2.05) is 13.8 Å². The van der Waals surface area contributed by atoms with Crippen molar-refractivity contribution in [1.82, 2.24) is 4.90 Å². The molecule has 0 aromatic heterocycles. The van der Waals surface area contributed by atoms with Gasteiger partial charge in [-0.1, -0.05) is 58.1 Å². The molecule has 0 atom stereocenters. The van der Waals surface area contributed by atoms with Crippen molar-refractivity contribution in [3.05, 3.63) is 62.7 Å². The van der Waals surface area contributed by atoms with E-state index in [1.165, 1.54) is 17.8 Å². The molecule has 152 valence electrons. The first-order valence-electron chi connectivity index (χ1n) is 9.02. The van der Waals surface area contributed by atoms with E-state index in [0.29, 0.717) is 39.4 Å². The van der Waals surface area contributed by atoms with Crippen LogP contribution in [0.4, 0.5) is 4.39 Å². The van der Waals surface area contributed by atoms with Gasteiger partial charge in [0.05, 0.1) is 11.5 Å². The van der Waals surface area contributed by atoms with E-state index in [1.54, 1.807) is 41.3 Å². The van der Waals surface area contributed by atoms with E-state index in [0.717, 1.165) is 10.0 Å². The number of benzene rings is 2. The first-order valence-corrected chi connectivity index (χ1v) is 11.0. The van der Waals surface area contributed by atoms with Crippen LogP contribution in [0.25, 0.3) is 6.08 Å². The molecule has 1 fully saturated rings. The monoisotopic (exact) mass is 495 g/mol. The number of carbonyl (C=O) groups is 1. The third-order valence-corrected chi connectivity index (χ3v) is 6.24. The molecule has 0 aliphatic carbocycles. The number of thiocarbonyl (C=S) groups is 1. The van der Waals surface area contributed by atoms with Gasteiger partial charge >= 0.3 is 0 Å². The minimum Gasteiger partial charge on any atom is -0.490 e. The normalized spacial score (nSPS) is 15.3. The fourth-order valence-corrected chi connectivity index (χ4v) is 4.54. The Morgan fingerprint density at radius 2 is 1.93 bits per heavy atom. The zero-order chi connectivity index (χ0) is 21.0. The average molecular weight is 496 g/mol. The highest BCUT2D eigenvalue weighted by Crippen LogP contribution is 2.38. The Hall–Kier alpha value is -1.90. The fraction of sp³-hybridized carbons (Fsp3) is 0.238. The summed E-state index contributed by atoms with van der Waals surface area (Å²) in [6.07, 6.45) is 1.78. The van der Waals surface area contributed by atoms with Gasteiger partial charge in [0.25, 0.3) is 5.91 Å². The third-order valence-electron chi connectivity index (χ3n) is 4.18. The second-order valence-corrected chi connectivity index (χ2v) is 8.59. The molecule has 0 spiro atoms. The van der Waals surface area contributed by atoms with Crippen LogP contribution in [0.3, 0.4) is 0 Å². The molecule has 0 bridgehead atoms. The molecular formula is C21H19BrFNO3S2. The summed E-state index contributed by atoms with van der Waals surface area (Å²) in [5.41, 5.74) is 1.22. The topological polar surface area (TPSA) is 38.8 Å². The summed E-state index contributed by atoms with van der Waals surface area (Å²) in [5.74, 6) is 0.579. The summed E-state index contributed by atoms with van der Waals surface area (Å²) in [4.78, 5) is 14.6. The number of likely N-dealkylation sites (N-methyl/N-ethyl adjacent to an activating group) is 1. The fourth-order valence-electron chi connectivity index (χ4n) is 2.73. The number of hydrogen-bond donors (Lipinski definition) is 0. The van der Waals surface area contributed by atoms with Gasteiger partial charge in [0.1, 0.15) is 16.7 Å². The van der Waals surface area contributed by atoms with Crippen molar-refractivity contribution < 1.29 is 18.7 Å². The number of thioether (sulfide) groups is 1. The van der Waals surface area contributed by atoms with Gasteiger partial charge in [0.2, 0.25) is 0 Å². The zero-order valence-corrected chi connectivity index (χ0v) is 19.1. The van der Waals surface area contributed by atoms with E-state index >= 15 is 0 Å². The SMILES string of the molecule is CCOc1cc(C=C2SC(=S)N(CC)C2=O)c(Br)cc1OCc1ccccc1F. The third kappa shape index (κ3) is 4.99. The molecule has 29 heavy (non-hydrogen) atoms. The molecule has 0 radical (unpaired) electrons. The highest BCUT2D eigenvalue weighted by atomic mass is 79.9. The molecule has 1 aliphatic rings. The Morgan fingerprint density at radius 3 is 2.59 bits per heavy atom. The van der Waals surface area contributed by atoms with Gasteiger partial charge in [-0.3, -0.25) is 9.69 Å². The van der Waals surface area contributed by atoms with E-state index in [4.69, 9.17) is 21.7 Å². The Bertz CT molecular complexity index is 980. The molecule has 8 heteroatoms. The van der Waals surface area contributed by atoms with Crippen molar-refractivity contribution in [1.29, 1.82) is 0 Å². The standard InChI is InChI=1S/C21H19BrFNO3S2/c1-3-24-20(25)19(29-21(24)28)10-14-9-17(26-4-2)18(11-15(14)22)27-12-13-7-5-6-8-16(13)23/h5-11H,3-4,12H2,1-2H3. The summed E-state index contributed by atoms with van der Waals surface area (Å²) in [5, 5.41) is 0. The molecule has 4 nitrogen and oxygen atoms in total. The summed E-state index contributed by atoms with van der Waals surface area (Å²) < 4.78 is 26.7. The maximum Gasteiger partial charge on any atom is 0.266 e. The van der Waals surface area contributed by atoms with E-state index < -0.39 is 0 Å². The predicted octanol–water partition coefficient (Wildman–Crippen LogP) is 5.79. The van der Waals surface area contributed by atoms with Crippen LogP contribution < -0.4 is 9.47 Å². The highest BCUT2D eigenvalue weighted by Gasteiger charge is 2.30. The number of amides is 1. The molecule has 1 amide bonds. The van der Waals surface area contributed by atoms with Gasteiger partial charge in [0, 0.05) is 16.6 Å². The van der Waals surface area contributed by atoms with Gasteiger partial charge in [0.15, 0.2) is 11.5 Å². The van der Waals surface area contributed by atoms with Gasteiger partial charge < -0.3 is 9.47 Å². The molecule has 3 rings (SSSR count). The minimum absolute atomic E-state index is 0.0771. The van der Waals surface area contributed by atoms with Crippen molar-refractivity contribution in [2.45, 2.75) is 20.5 Å². The Kier molecular flexibility index (Phi) is 7.32. The van der Waals surface area contributed by atoms with Crippen molar-refractivity contribution >= 4 is 56.2 Å². The second-order valence-electron chi connectivity index (χ2n) is 6.06. The number of halogens is 2. The largest absolute Gasteiger partial charge is 0.490 e. The van der Waals surface area contributed by atoms with E-state index in [-0.39, 0.29) is 18.3 Å². The van der Waals surface area contributed by atoms with Crippen LogP contribution in [0.1, 0.15) is 25.0 Å². The van der Waals surface area contributed by atoms with Crippen molar-refractivity contribution in [2.24, 2.45) is 0 Å². The minimum atomic E-state index is -0.320. The van der Waals surface area contributed by atoms with Crippen LogP contribution >= 0.6 is 39.9 Å². The van der Waals surface area contributed by atoms with Crippen LogP contribution in [-0.2, 0) is 11.4 Å². The van der Waals surface area contributed by atoms with Gasteiger partial charge in [-0.05, 0) is 43.7 Å². The maximum atomic E-state index is 13.9. The van der Waals surface area contributed by atoms with Crippen molar-refractivity contribution in [3.8, 4) is 11.5 Å². The Labute approximate surface area is 187 Å². The maximum absolute atomic E-state index is 13.9. The Morgan fingerprint density at radius 1 is 1.21 bits per heavy atom. The lowest BCUT2D eigenvalue weighted by Crippen LogP contribution is -2.27. The molecule has 0 N–H and O–H groups in total. The van der Waals surface area contributed by atoms with Gasteiger partial charge in [-0.25, -0.2) is 4.39 Å². The molecular weight excluding hydrogens is 477 g/mol. The molecule has 1 aliphatic heterocycles. The van der Waals surface area contributed by atoms with Crippen LogP contribution in [0, 0.1) is 5.82 Å². The number of rotatable bonds is 7. The van der Waals surface area contributed by atoms with E-state index in [2.05, 4.69) is 15.9 Å². The number of nitrogens with zero attached hydrogens (tertiary/aromatic N) is 1. The number of ether oxygens (including phenoxy) is 2. The summed E-state index contributed by atoms with van der Waals surface area (Å²) >= 11 is 10.1. The molecule has 1 heterocycles. The summed E-state index contributed by atoms with van der Waals surface area (Å²) in [7, 11) is 0. The lowest BCUT2D eigenvalue weighted by atomic mass is 10.1. The summed E-state index contributed by atoms with van der Waals surface area (Å²) in [6, 6.07) is 10.0. The molecule has 1 saturated heterocycles. The number of carbonyl (C=O) groups excluding carboxylic acids is 1. The lowest BCUT2D eigenvalue weighted by Gasteiger charge is -2.14. The molecule has 2 aromatic rings. The van der Waals surface area contributed by atoms with Gasteiger partial charge in [-0.2, -0.15) is 0 Å². The quantitative estimate of drug-likeness (QED) is 0.359. The van der Waals surface area contributed by atoms with Crippen molar-refractivity contribution in [3.63, 3.8) is 0 Å². The molecule has 0 saturated carbocycles. The van der Waals surface area contributed by atoms with Crippen LogP contribution in [0.5, 0.6) is 11.5 Å². The molecule has 0 unspecified atom stereocenters. The van der Waals surface area contributed by atoms with E-state index in [9.17, 15) is 9.18 Å². The van der Waals surface area contributed by atoms with Crippen molar-refractivity contribution in [2.75, 3.05) is 13.2 Å². The van der Waals surface area contributed by atoms with Gasteiger partial charge in [-0.15, -0.1) is 0 Å². The zero-order valence-electron chi connectivity index (χ0n) is 15.9. The van der Waals surface area contributed by atoms with Crippen LogP contribution in [0.2, 0.25) is 0 Å². The average Bonchev–Trinajstić information content (AvgIpc) is 2.96. The number of hydrogen-bond acceptors (Lipinski definition) is 5. The molecule has 2 aromatic carbocycles. The summed E-state index contributed by atoms with van der Waals surface area (Å²) in [6.45, 7) is 4.81. The first kappa shape index (κ1) is 21.8. The second kappa shape index (κ2) is 9.73. The van der Waals surface area contributed by atoms with Crippen LogP contribution in [-0.4, -0.2) is 28.3 Å². The highest BCUT2D eigenvalue weighted by molar-refractivity contribution is 9.10. The van der Waals surface area contributed by atoms with Crippen LogP contribution in [0.15, 0.2) is 45.8 Å². The lowest BCUT2D eigenvalue weighted by molar-refractivity contribution is -0.121. The predicted molar refractivity (Wildman–Crippen MR) is 122 cm³/mol.